The maximum atomic E-state index is 13.3. The van der Waals surface area contributed by atoms with Crippen LogP contribution in [0.2, 0.25) is 0 Å². The van der Waals surface area contributed by atoms with Crippen molar-refractivity contribution in [3.63, 3.8) is 0 Å². The Morgan fingerprint density at radius 3 is 1.91 bits per heavy atom. The van der Waals surface area contributed by atoms with Gasteiger partial charge >= 0.3 is 0 Å². The molecule has 0 radical (unpaired) electrons. The van der Waals surface area contributed by atoms with Gasteiger partial charge in [0.25, 0.3) is 0 Å². The van der Waals surface area contributed by atoms with E-state index in [4.69, 9.17) is 0 Å². The lowest BCUT2D eigenvalue weighted by Gasteiger charge is -2.26. The largest absolute Gasteiger partial charge is 0.387 e. The standard InChI is InChI=1S/C30H35NO2/c1-2-3-4-5-15-22-27(30(33)31-23-24-16-9-6-10-17-24)29(32)28(25-18-11-7-12-19-25)26-20-13-8-14-21-26/h6-14,16-22,28-29,32H,2-5,15,23H2,1H3,(H,31,33)/b27-22-. The number of rotatable bonds is 12. The predicted molar refractivity (Wildman–Crippen MR) is 136 cm³/mol. The molecule has 0 heterocycles. The zero-order valence-corrected chi connectivity index (χ0v) is 19.5. The molecule has 1 atom stereocenters. The monoisotopic (exact) mass is 441 g/mol. The van der Waals surface area contributed by atoms with Crippen molar-refractivity contribution in [1.29, 1.82) is 0 Å². The fraction of sp³-hybridized carbons (Fsp3) is 0.300. The zero-order chi connectivity index (χ0) is 23.3. The van der Waals surface area contributed by atoms with Gasteiger partial charge < -0.3 is 10.4 Å². The normalized spacial score (nSPS) is 12.5. The van der Waals surface area contributed by atoms with Gasteiger partial charge in [-0.25, -0.2) is 0 Å². The van der Waals surface area contributed by atoms with Gasteiger partial charge in [0.1, 0.15) is 0 Å². The molecule has 0 saturated carbocycles. The summed E-state index contributed by atoms with van der Waals surface area (Å²) in [4.78, 5) is 13.3. The summed E-state index contributed by atoms with van der Waals surface area (Å²) in [7, 11) is 0. The topological polar surface area (TPSA) is 49.3 Å². The van der Waals surface area contributed by atoms with Crippen LogP contribution in [0.25, 0.3) is 0 Å². The molecule has 0 aliphatic heterocycles. The molecule has 1 amide bonds. The molecule has 33 heavy (non-hydrogen) atoms. The summed E-state index contributed by atoms with van der Waals surface area (Å²) in [5.74, 6) is -0.532. The predicted octanol–water partition coefficient (Wildman–Crippen LogP) is 6.39. The van der Waals surface area contributed by atoms with Crippen LogP contribution in [-0.4, -0.2) is 17.1 Å². The Hall–Kier alpha value is -3.17. The van der Waals surface area contributed by atoms with E-state index in [0.717, 1.165) is 36.0 Å². The molecule has 2 N–H and O–H groups in total. The number of benzene rings is 3. The van der Waals surface area contributed by atoms with E-state index < -0.39 is 6.10 Å². The van der Waals surface area contributed by atoms with Gasteiger partial charge in [-0.3, -0.25) is 4.79 Å². The van der Waals surface area contributed by atoms with Gasteiger partial charge in [-0.1, -0.05) is 123 Å². The Morgan fingerprint density at radius 2 is 1.36 bits per heavy atom. The van der Waals surface area contributed by atoms with Gasteiger partial charge in [-0.15, -0.1) is 0 Å². The van der Waals surface area contributed by atoms with Crippen molar-refractivity contribution in [3.05, 3.63) is 119 Å². The second-order valence-electron chi connectivity index (χ2n) is 8.42. The maximum absolute atomic E-state index is 13.3. The summed E-state index contributed by atoms with van der Waals surface area (Å²) in [6.07, 6.45) is 6.27. The first-order chi connectivity index (χ1) is 16.2. The van der Waals surface area contributed by atoms with E-state index in [1.807, 2.05) is 97.1 Å². The molecule has 3 aromatic carbocycles. The minimum absolute atomic E-state index is 0.210. The molecule has 172 valence electrons. The van der Waals surface area contributed by atoms with Crippen molar-refractivity contribution >= 4 is 5.91 Å². The number of allylic oxidation sites excluding steroid dienone is 1. The molecule has 0 bridgehead atoms. The van der Waals surface area contributed by atoms with Crippen LogP contribution in [0.4, 0.5) is 0 Å². The number of aliphatic hydroxyl groups is 1. The van der Waals surface area contributed by atoms with Gasteiger partial charge in [-0.05, 0) is 29.5 Å². The van der Waals surface area contributed by atoms with Crippen molar-refractivity contribution in [3.8, 4) is 0 Å². The molecule has 0 aliphatic rings. The average Bonchev–Trinajstić information content (AvgIpc) is 2.87. The Morgan fingerprint density at radius 1 is 0.818 bits per heavy atom. The second-order valence-corrected chi connectivity index (χ2v) is 8.42. The Labute approximate surface area is 198 Å². The second kappa shape index (κ2) is 13.4. The minimum Gasteiger partial charge on any atom is -0.387 e. The summed E-state index contributed by atoms with van der Waals surface area (Å²) in [5, 5.41) is 14.6. The van der Waals surface area contributed by atoms with E-state index in [1.165, 1.54) is 12.8 Å². The SMILES string of the molecule is CCCCCC/C=C(\C(=O)NCc1ccccc1)C(O)C(c1ccccc1)c1ccccc1. The first kappa shape index (κ1) is 24.5. The zero-order valence-electron chi connectivity index (χ0n) is 19.5. The molecule has 3 nitrogen and oxygen atoms in total. The number of hydrogen-bond acceptors (Lipinski definition) is 2. The minimum atomic E-state index is -0.947. The number of carbonyl (C=O) groups is 1. The lowest BCUT2D eigenvalue weighted by atomic mass is 9.82. The van der Waals surface area contributed by atoms with Crippen LogP contribution >= 0.6 is 0 Å². The van der Waals surface area contributed by atoms with Gasteiger partial charge in [0.15, 0.2) is 0 Å². The highest BCUT2D eigenvalue weighted by Gasteiger charge is 2.29. The molecule has 3 aromatic rings. The summed E-state index contributed by atoms with van der Waals surface area (Å²) in [6, 6.07) is 29.7. The maximum Gasteiger partial charge on any atom is 0.249 e. The third kappa shape index (κ3) is 7.44. The smallest absolute Gasteiger partial charge is 0.249 e. The number of nitrogens with one attached hydrogen (secondary N) is 1. The molecule has 3 heteroatoms. The quantitative estimate of drug-likeness (QED) is 0.253. The van der Waals surface area contributed by atoms with Gasteiger partial charge in [0.05, 0.1) is 6.10 Å². The highest BCUT2D eigenvalue weighted by atomic mass is 16.3. The molecule has 1 unspecified atom stereocenters. The van der Waals surface area contributed by atoms with Crippen LogP contribution in [0.5, 0.6) is 0 Å². The molecule has 0 spiro atoms. The summed E-state index contributed by atoms with van der Waals surface area (Å²) in [5.41, 5.74) is 3.46. The van der Waals surface area contributed by atoms with E-state index >= 15 is 0 Å². The Balaban J connectivity index is 1.87. The number of amides is 1. The number of aliphatic hydroxyl groups excluding tert-OH is 1. The van der Waals surface area contributed by atoms with Crippen molar-refractivity contribution in [1.82, 2.24) is 5.32 Å². The van der Waals surface area contributed by atoms with Crippen LogP contribution < -0.4 is 5.32 Å². The van der Waals surface area contributed by atoms with Crippen LogP contribution in [0.3, 0.4) is 0 Å². The molecular weight excluding hydrogens is 406 g/mol. The first-order valence-corrected chi connectivity index (χ1v) is 12.0. The number of carbonyl (C=O) groups excluding carboxylic acids is 1. The van der Waals surface area contributed by atoms with E-state index in [0.29, 0.717) is 12.1 Å². The van der Waals surface area contributed by atoms with Crippen LogP contribution in [0.15, 0.2) is 103 Å². The van der Waals surface area contributed by atoms with E-state index in [9.17, 15) is 9.90 Å². The van der Waals surface area contributed by atoms with Crippen LogP contribution in [0, 0.1) is 0 Å². The highest BCUT2D eigenvalue weighted by molar-refractivity contribution is 5.94. The summed E-state index contributed by atoms with van der Waals surface area (Å²) in [6.45, 7) is 2.62. The molecular formula is C30H35NO2. The van der Waals surface area contributed by atoms with E-state index in [1.54, 1.807) is 0 Å². The number of hydrogen-bond donors (Lipinski definition) is 2. The Kier molecular flexibility index (Phi) is 9.93. The lowest BCUT2D eigenvalue weighted by Crippen LogP contribution is -2.33. The van der Waals surface area contributed by atoms with Gasteiger partial charge in [0, 0.05) is 18.0 Å². The van der Waals surface area contributed by atoms with Gasteiger partial charge in [0.2, 0.25) is 5.91 Å². The first-order valence-electron chi connectivity index (χ1n) is 12.0. The van der Waals surface area contributed by atoms with Crippen molar-refractivity contribution in [2.45, 2.75) is 57.6 Å². The molecule has 0 fully saturated rings. The third-order valence-corrected chi connectivity index (χ3v) is 5.93. The van der Waals surface area contributed by atoms with Crippen molar-refractivity contribution < 1.29 is 9.90 Å². The molecule has 0 aliphatic carbocycles. The molecule has 0 aromatic heterocycles. The highest BCUT2D eigenvalue weighted by Crippen LogP contribution is 2.32. The fourth-order valence-corrected chi connectivity index (χ4v) is 4.11. The third-order valence-electron chi connectivity index (χ3n) is 5.93. The Bertz CT molecular complexity index is 944. The van der Waals surface area contributed by atoms with E-state index in [2.05, 4.69) is 12.2 Å². The number of unbranched alkanes of at least 4 members (excludes halogenated alkanes) is 4. The lowest BCUT2D eigenvalue weighted by molar-refractivity contribution is -0.118. The van der Waals surface area contributed by atoms with Crippen molar-refractivity contribution in [2.75, 3.05) is 0 Å². The van der Waals surface area contributed by atoms with E-state index in [-0.39, 0.29) is 11.8 Å². The average molecular weight is 442 g/mol. The van der Waals surface area contributed by atoms with Crippen molar-refractivity contribution in [2.24, 2.45) is 0 Å². The summed E-state index contributed by atoms with van der Waals surface area (Å²) < 4.78 is 0. The summed E-state index contributed by atoms with van der Waals surface area (Å²) >= 11 is 0. The fourth-order valence-electron chi connectivity index (χ4n) is 4.11. The molecule has 0 saturated heterocycles. The van der Waals surface area contributed by atoms with Crippen LogP contribution in [-0.2, 0) is 11.3 Å². The molecule has 3 rings (SSSR count). The van der Waals surface area contributed by atoms with Crippen LogP contribution in [0.1, 0.15) is 61.6 Å². The van der Waals surface area contributed by atoms with Gasteiger partial charge in [-0.2, -0.15) is 0 Å².